The van der Waals surface area contributed by atoms with Gasteiger partial charge in [0, 0.05) is 12.6 Å². The minimum absolute atomic E-state index is 0.598. The van der Waals surface area contributed by atoms with Crippen molar-refractivity contribution >= 4 is 23.3 Å². The first kappa shape index (κ1) is 13.3. The molecule has 1 aromatic carbocycles. The normalized spacial score (nSPS) is 11.8. The van der Waals surface area contributed by atoms with E-state index in [9.17, 15) is 0 Å². The van der Waals surface area contributed by atoms with Crippen molar-refractivity contribution in [2.24, 2.45) is 0 Å². The van der Waals surface area contributed by atoms with Gasteiger partial charge in [-0.1, -0.05) is 12.1 Å². The molecule has 0 radical (unpaired) electrons. The minimum Gasteiger partial charge on any atom is -0.331 e. The van der Waals surface area contributed by atoms with Crippen LogP contribution in [0, 0.1) is 4.77 Å². The molecule has 98 valence electrons. The number of benzene rings is 1. The third-order valence-electron chi connectivity index (χ3n) is 3.46. The van der Waals surface area contributed by atoms with E-state index in [0.29, 0.717) is 6.04 Å². The van der Waals surface area contributed by atoms with Crippen molar-refractivity contribution in [2.45, 2.75) is 32.9 Å². The first-order chi connectivity index (χ1) is 8.59. The van der Waals surface area contributed by atoms with Gasteiger partial charge in [0.1, 0.15) is 0 Å². The van der Waals surface area contributed by atoms with Gasteiger partial charge in [0.25, 0.3) is 0 Å². The van der Waals surface area contributed by atoms with Gasteiger partial charge in [0.2, 0.25) is 0 Å². The predicted molar refractivity (Wildman–Crippen MR) is 79.5 cm³/mol. The van der Waals surface area contributed by atoms with Gasteiger partial charge in [-0.05, 0) is 58.2 Å². The number of para-hydroxylation sites is 2. The molecule has 2 rings (SSSR count). The second-order valence-electron chi connectivity index (χ2n) is 5.03. The van der Waals surface area contributed by atoms with Gasteiger partial charge in [-0.15, -0.1) is 0 Å². The van der Waals surface area contributed by atoms with Crippen LogP contribution in [0.3, 0.4) is 0 Å². The Labute approximate surface area is 113 Å². The zero-order valence-corrected chi connectivity index (χ0v) is 12.1. The second kappa shape index (κ2) is 5.67. The Balaban J connectivity index is 2.08. The van der Waals surface area contributed by atoms with Crippen LogP contribution in [-0.2, 0) is 6.54 Å². The molecule has 2 aromatic rings. The van der Waals surface area contributed by atoms with E-state index in [2.05, 4.69) is 53.5 Å². The minimum atomic E-state index is 0.598. The van der Waals surface area contributed by atoms with Gasteiger partial charge < -0.3 is 14.5 Å². The molecule has 0 amide bonds. The number of H-pyrrole nitrogens is 1. The fraction of sp³-hybridized carbons (Fsp3) is 0.500. The molecule has 3 nitrogen and oxygen atoms in total. The number of rotatable bonds is 5. The molecule has 0 atom stereocenters. The summed E-state index contributed by atoms with van der Waals surface area (Å²) in [5.41, 5.74) is 2.33. The average molecular weight is 263 g/mol. The van der Waals surface area contributed by atoms with E-state index in [4.69, 9.17) is 12.2 Å². The van der Waals surface area contributed by atoms with Gasteiger partial charge in [-0.3, -0.25) is 0 Å². The number of imidazole rings is 1. The lowest BCUT2D eigenvalue weighted by atomic mass is 10.3. The average Bonchev–Trinajstić information content (AvgIpc) is 2.65. The van der Waals surface area contributed by atoms with Crippen molar-refractivity contribution in [3.63, 3.8) is 0 Å². The zero-order valence-electron chi connectivity index (χ0n) is 11.3. The summed E-state index contributed by atoms with van der Waals surface area (Å²) in [6.07, 6.45) is 1.12. The lowest BCUT2D eigenvalue weighted by molar-refractivity contribution is 0.266. The summed E-state index contributed by atoms with van der Waals surface area (Å²) in [5.74, 6) is 0. The number of fused-ring (bicyclic) bond motifs is 1. The molecule has 0 saturated carbocycles. The van der Waals surface area contributed by atoms with Gasteiger partial charge in [0.05, 0.1) is 11.0 Å². The van der Waals surface area contributed by atoms with E-state index < -0.39 is 0 Å². The molecule has 1 heterocycles. The lowest BCUT2D eigenvalue weighted by Gasteiger charge is -2.20. The predicted octanol–water partition coefficient (Wildman–Crippen LogP) is 3.43. The SMILES string of the molecule is CC(C)N(C)CCCn1c(=S)[nH]c2ccccc21. The van der Waals surface area contributed by atoms with Gasteiger partial charge in [0.15, 0.2) is 4.77 Å². The highest BCUT2D eigenvalue weighted by Crippen LogP contribution is 2.14. The van der Waals surface area contributed by atoms with Crippen molar-refractivity contribution in [3.05, 3.63) is 29.0 Å². The smallest absolute Gasteiger partial charge is 0.178 e. The fourth-order valence-electron chi connectivity index (χ4n) is 2.07. The summed E-state index contributed by atoms with van der Waals surface area (Å²) in [4.78, 5) is 5.61. The lowest BCUT2D eigenvalue weighted by Crippen LogP contribution is -2.27. The maximum Gasteiger partial charge on any atom is 0.178 e. The molecule has 0 aliphatic carbocycles. The highest BCUT2D eigenvalue weighted by atomic mass is 32.1. The Hall–Kier alpha value is -1.13. The van der Waals surface area contributed by atoms with Gasteiger partial charge in [-0.25, -0.2) is 0 Å². The largest absolute Gasteiger partial charge is 0.331 e. The number of hydrogen-bond acceptors (Lipinski definition) is 2. The third kappa shape index (κ3) is 2.82. The summed E-state index contributed by atoms with van der Waals surface area (Å²) in [7, 11) is 2.17. The number of aromatic amines is 1. The molecule has 18 heavy (non-hydrogen) atoms. The Bertz CT molecular complexity index is 568. The van der Waals surface area contributed by atoms with Crippen LogP contribution in [-0.4, -0.2) is 34.1 Å². The van der Waals surface area contributed by atoms with Crippen molar-refractivity contribution < 1.29 is 0 Å². The molecular formula is C14H21N3S. The van der Waals surface area contributed by atoms with Crippen LogP contribution in [0.2, 0.25) is 0 Å². The monoisotopic (exact) mass is 263 g/mol. The molecule has 0 unspecified atom stereocenters. The number of nitrogens with one attached hydrogen (secondary N) is 1. The molecular weight excluding hydrogens is 242 g/mol. The molecule has 1 aromatic heterocycles. The third-order valence-corrected chi connectivity index (χ3v) is 3.78. The van der Waals surface area contributed by atoms with E-state index >= 15 is 0 Å². The quantitative estimate of drug-likeness (QED) is 0.836. The molecule has 0 fully saturated rings. The maximum atomic E-state index is 5.38. The Kier molecular flexibility index (Phi) is 4.19. The summed E-state index contributed by atoms with van der Waals surface area (Å²) in [5, 5.41) is 0. The first-order valence-corrected chi connectivity index (χ1v) is 6.88. The maximum absolute atomic E-state index is 5.38. The highest BCUT2D eigenvalue weighted by molar-refractivity contribution is 7.71. The topological polar surface area (TPSA) is 24.0 Å². The summed E-state index contributed by atoms with van der Waals surface area (Å²) in [6.45, 7) is 6.51. The summed E-state index contributed by atoms with van der Waals surface area (Å²) >= 11 is 5.38. The summed E-state index contributed by atoms with van der Waals surface area (Å²) in [6, 6.07) is 8.88. The molecule has 0 aliphatic rings. The van der Waals surface area contributed by atoms with Crippen molar-refractivity contribution in [3.8, 4) is 0 Å². The number of hydrogen-bond donors (Lipinski definition) is 1. The zero-order chi connectivity index (χ0) is 13.1. The van der Waals surface area contributed by atoms with Gasteiger partial charge >= 0.3 is 0 Å². The molecule has 0 spiro atoms. The van der Waals surface area contributed by atoms with Crippen LogP contribution in [0.4, 0.5) is 0 Å². The first-order valence-electron chi connectivity index (χ1n) is 6.47. The number of nitrogens with zero attached hydrogens (tertiary/aromatic N) is 2. The Morgan fingerprint density at radius 3 is 2.78 bits per heavy atom. The van der Waals surface area contributed by atoms with E-state index in [-0.39, 0.29) is 0 Å². The van der Waals surface area contributed by atoms with Crippen LogP contribution >= 0.6 is 12.2 Å². The van der Waals surface area contributed by atoms with E-state index in [1.807, 2.05) is 6.07 Å². The van der Waals surface area contributed by atoms with Crippen molar-refractivity contribution in [2.75, 3.05) is 13.6 Å². The summed E-state index contributed by atoms with van der Waals surface area (Å²) < 4.78 is 3.02. The number of aromatic nitrogens is 2. The molecule has 4 heteroatoms. The van der Waals surface area contributed by atoms with Crippen LogP contribution in [0.1, 0.15) is 20.3 Å². The Morgan fingerprint density at radius 2 is 2.06 bits per heavy atom. The van der Waals surface area contributed by atoms with Gasteiger partial charge in [-0.2, -0.15) is 0 Å². The van der Waals surface area contributed by atoms with Crippen molar-refractivity contribution in [1.82, 2.24) is 14.5 Å². The highest BCUT2D eigenvalue weighted by Gasteiger charge is 2.05. The second-order valence-corrected chi connectivity index (χ2v) is 5.41. The van der Waals surface area contributed by atoms with E-state index in [1.165, 1.54) is 5.52 Å². The fourth-order valence-corrected chi connectivity index (χ4v) is 2.36. The van der Waals surface area contributed by atoms with E-state index in [0.717, 1.165) is 29.8 Å². The van der Waals surface area contributed by atoms with Crippen LogP contribution in [0.15, 0.2) is 24.3 Å². The standard InChI is InChI=1S/C14H21N3S/c1-11(2)16(3)9-6-10-17-13-8-5-4-7-12(13)15-14(17)18/h4-5,7-8,11H,6,9-10H2,1-3H3,(H,15,18). The van der Waals surface area contributed by atoms with Crippen LogP contribution in [0.25, 0.3) is 11.0 Å². The molecule has 0 saturated heterocycles. The molecule has 0 bridgehead atoms. The van der Waals surface area contributed by atoms with Crippen LogP contribution in [0.5, 0.6) is 0 Å². The molecule has 0 aliphatic heterocycles. The number of aryl methyl sites for hydroxylation is 1. The Morgan fingerprint density at radius 1 is 1.33 bits per heavy atom. The van der Waals surface area contributed by atoms with Crippen LogP contribution < -0.4 is 0 Å². The van der Waals surface area contributed by atoms with Crippen molar-refractivity contribution in [1.29, 1.82) is 0 Å². The van der Waals surface area contributed by atoms with E-state index in [1.54, 1.807) is 0 Å². The molecule has 1 N–H and O–H groups in total.